The lowest BCUT2D eigenvalue weighted by Crippen LogP contribution is -2.40. The molecule has 0 saturated heterocycles. The SMILES string of the molecule is CN=C(NCCc1coc(-c2ccc(F)cc2)n1)NCC(C)COCc1ccccc1. The predicted molar refractivity (Wildman–Crippen MR) is 120 cm³/mol. The van der Waals surface area contributed by atoms with Crippen LogP contribution in [-0.2, 0) is 17.8 Å². The smallest absolute Gasteiger partial charge is 0.226 e. The van der Waals surface area contributed by atoms with E-state index in [1.165, 1.54) is 17.7 Å². The first-order valence-electron chi connectivity index (χ1n) is 10.4. The largest absolute Gasteiger partial charge is 0.444 e. The highest BCUT2D eigenvalue weighted by molar-refractivity contribution is 5.79. The molecule has 0 bridgehead atoms. The van der Waals surface area contributed by atoms with Gasteiger partial charge in [-0.1, -0.05) is 37.3 Å². The second kappa shape index (κ2) is 11.9. The van der Waals surface area contributed by atoms with E-state index < -0.39 is 0 Å². The molecule has 0 fully saturated rings. The quantitative estimate of drug-likeness (QED) is 0.380. The molecule has 2 N–H and O–H groups in total. The fourth-order valence-corrected chi connectivity index (χ4v) is 2.96. The molecule has 0 aliphatic rings. The molecule has 0 radical (unpaired) electrons. The van der Waals surface area contributed by atoms with Gasteiger partial charge in [0.05, 0.1) is 18.9 Å². The van der Waals surface area contributed by atoms with E-state index in [4.69, 9.17) is 9.15 Å². The minimum Gasteiger partial charge on any atom is -0.444 e. The number of guanidine groups is 1. The summed E-state index contributed by atoms with van der Waals surface area (Å²) in [5, 5.41) is 6.60. The maximum absolute atomic E-state index is 13.0. The van der Waals surface area contributed by atoms with Crippen molar-refractivity contribution in [2.24, 2.45) is 10.9 Å². The van der Waals surface area contributed by atoms with Crippen molar-refractivity contribution in [1.29, 1.82) is 0 Å². The van der Waals surface area contributed by atoms with Gasteiger partial charge in [0.25, 0.3) is 0 Å². The Hall–Kier alpha value is -3.19. The molecule has 3 aromatic rings. The van der Waals surface area contributed by atoms with Gasteiger partial charge in [0.2, 0.25) is 5.89 Å². The van der Waals surface area contributed by atoms with Crippen LogP contribution in [0.15, 0.2) is 70.3 Å². The number of aliphatic imine (C=N–C) groups is 1. The first-order chi connectivity index (χ1) is 15.1. The lowest BCUT2D eigenvalue weighted by molar-refractivity contribution is 0.0931. The van der Waals surface area contributed by atoms with Crippen LogP contribution in [0.3, 0.4) is 0 Å². The van der Waals surface area contributed by atoms with Crippen LogP contribution < -0.4 is 10.6 Å². The third kappa shape index (κ3) is 7.53. The van der Waals surface area contributed by atoms with Crippen LogP contribution in [0.25, 0.3) is 11.5 Å². The molecule has 0 amide bonds. The molecule has 1 heterocycles. The summed E-state index contributed by atoms with van der Waals surface area (Å²) in [5.41, 5.74) is 2.75. The van der Waals surface area contributed by atoms with Crippen molar-refractivity contribution < 1.29 is 13.5 Å². The summed E-state index contributed by atoms with van der Waals surface area (Å²) < 4.78 is 24.3. The van der Waals surface area contributed by atoms with Gasteiger partial charge < -0.3 is 19.8 Å². The van der Waals surface area contributed by atoms with Crippen molar-refractivity contribution in [2.75, 3.05) is 26.7 Å². The molecule has 1 aromatic heterocycles. The molecule has 7 heteroatoms. The summed E-state index contributed by atoms with van der Waals surface area (Å²) in [4.78, 5) is 8.71. The number of nitrogens with zero attached hydrogens (tertiary/aromatic N) is 2. The molecule has 0 spiro atoms. The molecule has 0 saturated carbocycles. The summed E-state index contributed by atoms with van der Waals surface area (Å²) in [7, 11) is 1.74. The first kappa shape index (κ1) is 22.5. The maximum Gasteiger partial charge on any atom is 0.226 e. The molecular weight excluding hydrogens is 395 g/mol. The minimum atomic E-state index is -0.282. The zero-order valence-electron chi connectivity index (χ0n) is 18.0. The van der Waals surface area contributed by atoms with Crippen LogP contribution in [0.5, 0.6) is 0 Å². The van der Waals surface area contributed by atoms with Crippen LogP contribution in [0, 0.1) is 11.7 Å². The topological polar surface area (TPSA) is 71.7 Å². The van der Waals surface area contributed by atoms with Gasteiger partial charge in [0.1, 0.15) is 12.1 Å². The molecule has 31 heavy (non-hydrogen) atoms. The summed E-state index contributed by atoms with van der Waals surface area (Å²) in [5.74, 6) is 1.28. The number of aromatic nitrogens is 1. The maximum atomic E-state index is 13.0. The van der Waals surface area contributed by atoms with Crippen molar-refractivity contribution in [3.05, 3.63) is 77.9 Å². The van der Waals surface area contributed by atoms with E-state index >= 15 is 0 Å². The summed E-state index contributed by atoms with van der Waals surface area (Å²) in [6.45, 7) is 4.85. The Bertz CT molecular complexity index is 942. The fraction of sp³-hybridized carbons (Fsp3) is 0.333. The molecule has 164 valence electrons. The molecule has 0 aliphatic carbocycles. The Morgan fingerprint density at radius 1 is 1.13 bits per heavy atom. The van der Waals surface area contributed by atoms with Gasteiger partial charge in [-0.2, -0.15) is 0 Å². The van der Waals surface area contributed by atoms with Crippen molar-refractivity contribution in [3.8, 4) is 11.5 Å². The van der Waals surface area contributed by atoms with E-state index in [2.05, 4.69) is 39.7 Å². The monoisotopic (exact) mass is 424 g/mol. The van der Waals surface area contributed by atoms with Crippen LogP contribution in [0.1, 0.15) is 18.2 Å². The highest BCUT2D eigenvalue weighted by Gasteiger charge is 2.08. The first-order valence-corrected chi connectivity index (χ1v) is 10.4. The van der Waals surface area contributed by atoms with Gasteiger partial charge in [0, 0.05) is 32.1 Å². The van der Waals surface area contributed by atoms with Gasteiger partial charge in [0.15, 0.2) is 5.96 Å². The van der Waals surface area contributed by atoms with Gasteiger partial charge >= 0.3 is 0 Å². The number of halogens is 1. The Kier molecular flexibility index (Phi) is 8.60. The van der Waals surface area contributed by atoms with Gasteiger partial charge in [-0.15, -0.1) is 0 Å². The third-order valence-corrected chi connectivity index (χ3v) is 4.67. The van der Waals surface area contributed by atoms with E-state index in [1.807, 2.05) is 18.2 Å². The Labute approximate surface area is 182 Å². The molecule has 3 rings (SSSR count). The Morgan fingerprint density at radius 2 is 1.90 bits per heavy atom. The zero-order valence-corrected chi connectivity index (χ0v) is 18.0. The number of nitrogens with one attached hydrogen (secondary N) is 2. The molecular formula is C24H29FN4O2. The van der Waals surface area contributed by atoms with E-state index in [0.29, 0.717) is 38.0 Å². The predicted octanol–water partition coefficient (Wildman–Crippen LogP) is 4.04. The Balaban J connectivity index is 1.34. The number of hydrogen-bond donors (Lipinski definition) is 2. The van der Waals surface area contributed by atoms with Gasteiger partial charge in [-0.25, -0.2) is 9.37 Å². The van der Waals surface area contributed by atoms with Gasteiger partial charge in [-0.05, 0) is 35.7 Å². The van der Waals surface area contributed by atoms with Crippen LogP contribution in [0.4, 0.5) is 4.39 Å². The summed E-state index contributed by atoms with van der Waals surface area (Å²) >= 11 is 0. The molecule has 6 nitrogen and oxygen atoms in total. The third-order valence-electron chi connectivity index (χ3n) is 4.67. The summed E-state index contributed by atoms with van der Waals surface area (Å²) in [6.07, 6.45) is 2.31. The average molecular weight is 425 g/mol. The second-order valence-corrected chi connectivity index (χ2v) is 7.39. The van der Waals surface area contributed by atoms with Gasteiger partial charge in [-0.3, -0.25) is 4.99 Å². The number of benzene rings is 2. The fourth-order valence-electron chi connectivity index (χ4n) is 2.96. The highest BCUT2D eigenvalue weighted by Crippen LogP contribution is 2.18. The van der Waals surface area contributed by atoms with Crippen molar-refractivity contribution >= 4 is 5.96 Å². The lowest BCUT2D eigenvalue weighted by atomic mass is 10.2. The number of ether oxygens (including phenoxy) is 1. The average Bonchev–Trinajstić information content (AvgIpc) is 3.26. The van der Waals surface area contributed by atoms with E-state index in [1.54, 1.807) is 25.4 Å². The zero-order chi connectivity index (χ0) is 21.9. The number of oxazole rings is 1. The van der Waals surface area contributed by atoms with Crippen molar-refractivity contribution in [2.45, 2.75) is 20.0 Å². The van der Waals surface area contributed by atoms with Crippen LogP contribution >= 0.6 is 0 Å². The minimum absolute atomic E-state index is 0.282. The van der Waals surface area contributed by atoms with E-state index in [0.717, 1.165) is 23.8 Å². The molecule has 0 aliphatic heterocycles. The summed E-state index contributed by atoms with van der Waals surface area (Å²) in [6, 6.07) is 16.2. The lowest BCUT2D eigenvalue weighted by Gasteiger charge is -2.16. The normalized spacial score (nSPS) is 12.5. The van der Waals surface area contributed by atoms with Crippen molar-refractivity contribution in [1.82, 2.24) is 15.6 Å². The van der Waals surface area contributed by atoms with E-state index in [-0.39, 0.29) is 5.82 Å². The number of hydrogen-bond acceptors (Lipinski definition) is 4. The second-order valence-electron chi connectivity index (χ2n) is 7.39. The van der Waals surface area contributed by atoms with Crippen molar-refractivity contribution in [3.63, 3.8) is 0 Å². The molecule has 1 unspecified atom stereocenters. The van der Waals surface area contributed by atoms with Crippen LogP contribution in [-0.4, -0.2) is 37.7 Å². The highest BCUT2D eigenvalue weighted by atomic mass is 19.1. The molecule has 2 aromatic carbocycles. The Morgan fingerprint density at radius 3 is 2.65 bits per heavy atom. The van der Waals surface area contributed by atoms with E-state index in [9.17, 15) is 4.39 Å². The van der Waals surface area contributed by atoms with Crippen LogP contribution in [0.2, 0.25) is 0 Å². The molecule has 1 atom stereocenters. The number of rotatable bonds is 10. The standard InChI is InChI=1S/C24H29FN4O2/c1-18(15-30-16-19-6-4-3-5-7-19)14-28-24(26-2)27-13-12-22-17-31-23(29-22)20-8-10-21(25)11-9-20/h3-11,17-18H,12-16H2,1-2H3,(H2,26,27,28).